The zero-order valence-electron chi connectivity index (χ0n) is 16.4. The standard InChI is InChI=1S/C24H18BrNO5/c25-18-7-4-8-19(14-18)30-11-12-31-24(29)17-9-10-20-21(13-17)23(28)26(22(20)27)15-16-5-2-1-3-6-16/h1-10,13-14H,11-12,15H2. The lowest BCUT2D eigenvalue weighted by Gasteiger charge is -2.13. The fraction of sp³-hybridized carbons (Fsp3) is 0.125. The maximum atomic E-state index is 12.8. The highest BCUT2D eigenvalue weighted by atomic mass is 79.9. The van der Waals surface area contributed by atoms with E-state index in [9.17, 15) is 14.4 Å². The molecule has 0 fully saturated rings. The molecular weight excluding hydrogens is 462 g/mol. The molecule has 0 aromatic heterocycles. The van der Waals surface area contributed by atoms with Gasteiger partial charge in [-0.1, -0.05) is 52.3 Å². The fourth-order valence-corrected chi connectivity index (χ4v) is 3.64. The molecule has 0 saturated carbocycles. The van der Waals surface area contributed by atoms with Crippen LogP contribution in [0.25, 0.3) is 0 Å². The third-order valence-electron chi connectivity index (χ3n) is 4.77. The number of carbonyl (C=O) groups excluding carboxylic acids is 3. The number of fused-ring (bicyclic) bond motifs is 1. The molecule has 4 rings (SSSR count). The third-order valence-corrected chi connectivity index (χ3v) is 5.26. The van der Waals surface area contributed by atoms with E-state index in [1.165, 1.54) is 23.1 Å². The highest BCUT2D eigenvalue weighted by Crippen LogP contribution is 2.26. The average Bonchev–Trinajstić information content (AvgIpc) is 3.02. The van der Waals surface area contributed by atoms with Gasteiger partial charge >= 0.3 is 5.97 Å². The van der Waals surface area contributed by atoms with E-state index < -0.39 is 11.9 Å². The number of nitrogens with zero attached hydrogens (tertiary/aromatic N) is 1. The van der Waals surface area contributed by atoms with Gasteiger partial charge in [-0.15, -0.1) is 0 Å². The SMILES string of the molecule is O=C(OCCOc1cccc(Br)c1)c1ccc2c(c1)C(=O)N(Cc1ccccc1)C2=O. The van der Waals surface area contributed by atoms with Crippen molar-refractivity contribution in [2.45, 2.75) is 6.54 Å². The molecule has 0 aliphatic carbocycles. The average molecular weight is 480 g/mol. The minimum atomic E-state index is -0.581. The summed E-state index contributed by atoms with van der Waals surface area (Å²) in [5.74, 6) is -0.712. The second-order valence-electron chi connectivity index (χ2n) is 6.88. The second-order valence-corrected chi connectivity index (χ2v) is 7.80. The Morgan fingerprint density at radius 2 is 1.61 bits per heavy atom. The van der Waals surface area contributed by atoms with Crippen LogP contribution in [-0.2, 0) is 11.3 Å². The number of hydrogen-bond acceptors (Lipinski definition) is 5. The Labute approximate surface area is 187 Å². The number of hydrogen-bond donors (Lipinski definition) is 0. The van der Waals surface area contributed by atoms with Gasteiger partial charge in [-0.25, -0.2) is 4.79 Å². The van der Waals surface area contributed by atoms with Crippen LogP contribution in [0.3, 0.4) is 0 Å². The van der Waals surface area contributed by atoms with Crippen molar-refractivity contribution in [2.75, 3.05) is 13.2 Å². The quantitative estimate of drug-likeness (QED) is 0.283. The fourth-order valence-electron chi connectivity index (χ4n) is 3.26. The van der Waals surface area contributed by atoms with Crippen LogP contribution < -0.4 is 4.74 Å². The number of ether oxygens (including phenoxy) is 2. The number of amides is 2. The van der Waals surface area contributed by atoms with Gasteiger partial charge in [0, 0.05) is 4.47 Å². The first-order valence-electron chi connectivity index (χ1n) is 9.62. The van der Waals surface area contributed by atoms with E-state index in [4.69, 9.17) is 9.47 Å². The van der Waals surface area contributed by atoms with Gasteiger partial charge in [0.25, 0.3) is 11.8 Å². The van der Waals surface area contributed by atoms with Gasteiger partial charge in [-0.3, -0.25) is 14.5 Å². The van der Waals surface area contributed by atoms with E-state index >= 15 is 0 Å². The molecular formula is C24H18BrNO5. The zero-order chi connectivity index (χ0) is 21.8. The lowest BCUT2D eigenvalue weighted by molar-refractivity contribution is 0.0450. The molecule has 0 spiro atoms. The van der Waals surface area contributed by atoms with Gasteiger partial charge in [0.05, 0.1) is 23.2 Å². The highest BCUT2D eigenvalue weighted by Gasteiger charge is 2.36. The maximum Gasteiger partial charge on any atom is 0.338 e. The lowest BCUT2D eigenvalue weighted by atomic mass is 10.1. The number of rotatable bonds is 7. The molecule has 1 aliphatic rings. The number of benzene rings is 3. The number of esters is 1. The zero-order valence-corrected chi connectivity index (χ0v) is 18.0. The number of carbonyl (C=O) groups is 3. The smallest absolute Gasteiger partial charge is 0.338 e. The monoisotopic (exact) mass is 479 g/mol. The molecule has 1 heterocycles. The normalized spacial score (nSPS) is 12.6. The summed E-state index contributed by atoms with van der Waals surface area (Å²) >= 11 is 3.36. The Morgan fingerprint density at radius 1 is 0.839 bits per heavy atom. The second kappa shape index (κ2) is 9.14. The van der Waals surface area contributed by atoms with Gasteiger partial charge in [0.15, 0.2) is 0 Å². The van der Waals surface area contributed by atoms with Crippen molar-refractivity contribution in [1.29, 1.82) is 0 Å². The van der Waals surface area contributed by atoms with Crippen molar-refractivity contribution in [3.05, 3.63) is 99.5 Å². The molecule has 156 valence electrons. The summed E-state index contributed by atoms with van der Waals surface area (Å²) in [5, 5.41) is 0. The molecule has 0 N–H and O–H groups in total. The highest BCUT2D eigenvalue weighted by molar-refractivity contribution is 9.10. The van der Waals surface area contributed by atoms with Crippen LogP contribution in [0.15, 0.2) is 77.3 Å². The molecule has 1 aliphatic heterocycles. The molecule has 0 radical (unpaired) electrons. The Bertz CT molecular complexity index is 1150. The predicted molar refractivity (Wildman–Crippen MR) is 117 cm³/mol. The first-order chi connectivity index (χ1) is 15.0. The van der Waals surface area contributed by atoms with Crippen molar-refractivity contribution < 1.29 is 23.9 Å². The maximum absolute atomic E-state index is 12.8. The summed E-state index contributed by atoms with van der Waals surface area (Å²) < 4.78 is 11.7. The van der Waals surface area contributed by atoms with Gasteiger partial charge in [0.2, 0.25) is 0 Å². The summed E-state index contributed by atoms with van der Waals surface area (Å²) in [4.78, 5) is 38.9. The van der Waals surface area contributed by atoms with Crippen molar-refractivity contribution >= 4 is 33.7 Å². The first-order valence-corrected chi connectivity index (χ1v) is 10.4. The Balaban J connectivity index is 1.38. The minimum Gasteiger partial charge on any atom is -0.490 e. The molecule has 31 heavy (non-hydrogen) atoms. The largest absolute Gasteiger partial charge is 0.490 e. The first kappa shape index (κ1) is 20.8. The summed E-state index contributed by atoms with van der Waals surface area (Å²) in [7, 11) is 0. The molecule has 0 unspecified atom stereocenters. The van der Waals surface area contributed by atoms with Crippen molar-refractivity contribution in [3.63, 3.8) is 0 Å². The minimum absolute atomic E-state index is 0.0510. The summed E-state index contributed by atoms with van der Waals surface area (Å²) in [5.41, 5.74) is 1.56. The van der Waals surface area contributed by atoms with Gasteiger partial charge in [-0.05, 0) is 42.0 Å². The van der Waals surface area contributed by atoms with Crippen LogP contribution in [0.1, 0.15) is 36.6 Å². The van der Waals surface area contributed by atoms with E-state index in [1.54, 1.807) is 6.07 Å². The van der Waals surface area contributed by atoms with E-state index in [0.29, 0.717) is 5.75 Å². The van der Waals surface area contributed by atoms with Crippen molar-refractivity contribution in [3.8, 4) is 5.75 Å². The van der Waals surface area contributed by atoms with Crippen LogP contribution >= 0.6 is 15.9 Å². The topological polar surface area (TPSA) is 72.9 Å². The Hall–Kier alpha value is -3.45. The van der Waals surface area contributed by atoms with E-state index in [-0.39, 0.29) is 42.4 Å². The number of halogens is 1. The summed E-state index contributed by atoms with van der Waals surface area (Å²) in [6, 6.07) is 21.0. The van der Waals surface area contributed by atoms with Crippen LogP contribution in [0, 0.1) is 0 Å². The molecule has 3 aromatic carbocycles. The Kier molecular flexibility index (Phi) is 6.13. The van der Waals surface area contributed by atoms with E-state index in [2.05, 4.69) is 15.9 Å². The molecule has 0 atom stereocenters. The molecule has 7 heteroatoms. The Morgan fingerprint density at radius 3 is 2.39 bits per heavy atom. The van der Waals surface area contributed by atoms with Crippen LogP contribution in [-0.4, -0.2) is 35.9 Å². The third kappa shape index (κ3) is 4.67. The molecule has 0 saturated heterocycles. The van der Waals surface area contributed by atoms with Gasteiger partial charge < -0.3 is 9.47 Å². The van der Waals surface area contributed by atoms with Crippen LogP contribution in [0.5, 0.6) is 5.75 Å². The van der Waals surface area contributed by atoms with E-state index in [0.717, 1.165) is 10.0 Å². The molecule has 3 aromatic rings. The lowest BCUT2D eigenvalue weighted by Crippen LogP contribution is -2.29. The van der Waals surface area contributed by atoms with Crippen LogP contribution in [0.4, 0.5) is 0 Å². The summed E-state index contributed by atoms with van der Waals surface area (Å²) in [6.45, 7) is 0.421. The summed E-state index contributed by atoms with van der Waals surface area (Å²) in [6.07, 6.45) is 0. The van der Waals surface area contributed by atoms with E-state index in [1.807, 2.05) is 48.5 Å². The molecule has 2 amide bonds. The van der Waals surface area contributed by atoms with Crippen LogP contribution in [0.2, 0.25) is 0 Å². The van der Waals surface area contributed by atoms with Gasteiger partial charge in [-0.2, -0.15) is 0 Å². The van der Waals surface area contributed by atoms with Gasteiger partial charge in [0.1, 0.15) is 19.0 Å². The molecule has 0 bridgehead atoms. The van der Waals surface area contributed by atoms with Crippen molar-refractivity contribution in [1.82, 2.24) is 4.90 Å². The number of imide groups is 1. The molecule has 6 nitrogen and oxygen atoms in total. The van der Waals surface area contributed by atoms with Crippen molar-refractivity contribution in [2.24, 2.45) is 0 Å². The predicted octanol–water partition coefficient (Wildman–Crippen LogP) is 4.48.